The molecule has 0 aliphatic rings. The maximum atomic E-state index is 12.6. The number of allylic oxidation sites excluding steroid dienone is 1. The van der Waals surface area contributed by atoms with Crippen molar-refractivity contribution >= 4 is 48.1 Å². The van der Waals surface area contributed by atoms with E-state index in [9.17, 15) is 14.4 Å². The smallest absolute Gasteiger partial charge is 0.338 e. The van der Waals surface area contributed by atoms with Crippen LogP contribution >= 0.6 is 24.7 Å². The molecule has 2 aromatic carbocycles. The van der Waals surface area contributed by atoms with E-state index in [1.165, 1.54) is 11.8 Å². The van der Waals surface area contributed by atoms with E-state index in [4.69, 9.17) is 28.4 Å². The predicted octanol–water partition coefficient (Wildman–Crippen LogP) is 8.81. The number of carbonyl (C=O) groups excluding carboxylic acids is 3. The molecule has 3 rings (SSSR count). The fourth-order valence-electron chi connectivity index (χ4n) is 4.19. The lowest BCUT2D eigenvalue weighted by Crippen LogP contribution is -2.24. The minimum Gasteiger partial charge on any atom is -0.459 e. The topological polar surface area (TPSA) is 214 Å². The molecule has 0 bridgehead atoms. The highest BCUT2D eigenvalue weighted by Gasteiger charge is 2.15. The molecule has 1 heterocycles. The zero-order valence-corrected chi connectivity index (χ0v) is 39.9. The molecule has 19 heteroatoms. The van der Waals surface area contributed by atoms with Crippen molar-refractivity contribution in [2.24, 2.45) is 15.7 Å². The maximum Gasteiger partial charge on any atom is 0.338 e. The van der Waals surface area contributed by atoms with Gasteiger partial charge in [0.1, 0.15) is 0 Å². The van der Waals surface area contributed by atoms with Gasteiger partial charge >= 0.3 is 5.97 Å². The van der Waals surface area contributed by atoms with Crippen LogP contribution in [-0.4, -0.2) is 49.8 Å². The number of terminal acetylenes is 2. The van der Waals surface area contributed by atoms with E-state index >= 15 is 0 Å². The average molecular weight is 1020 g/mol. The van der Waals surface area contributed by atoms with Crippen LogP contribution in [0.25, 0.3) is 0 Å². The second-order valence-electron chi connectivity index (χ2n) is 12.1. The predicted molar refractivity (Wildman–Crippen MR) is 299 cm³/mol. The Morgan fingerprint density at radius 1 is 0.861 bits per heavy atom. The molecule has 0 atom stereocenters. The summed E-state index contributed by atoms with van der Waals surface area (Å²) in [6, 6.07) is 14.0. The van der Waals surface area contributed by atoms with Crippen LogP contribution < -0.4 is 10.6 Å². The van der Waals surface area contributed by atoms with Gasteiger partial charge in [-0.2, -0.15) is 5.53 Å². The van der Waals surface area contributed by atoms with Crippen LogP contribution in [0, 0.1) is 167 Å². The quantitative estimate of drug-likeness (QED) is 0.0105. The van der Waals surface area contributed by atoms with Gasteiger partial charge in [0.2, 0.25) is 5.91 Å². The number of thioether (sulfide) groups is 1. The number of carbonyl (C=O) groups is 3. The van der Waals surface area contributed by atoms with Gasteiger partial charge < -0.3 is 19.9 Å². The minimum absolute atomic E-state index is 0. The number of ether oxygens (including phenoxy) is 1. The largest absolute Gasteiger partial charge is 0.459 e. The Morgan fingerprint density at radius 2 is 1.38 bits per heavy atom. The molecule has 0 aliphatic heterocycles. The summed E-state index contributed by atoms with van der Waals surface area (Å²) in [6.07, 6.45) is 13.0. The highest BCUT2D eigenvalue weighted by Crippen LogP contribution is 2.20. The Hall–Kier alpha value is -10.4. The van der Waals surface area contributed by atoms with Crippen LogP contribution in [-0.2, 0) is 36.9 Å². The van der Waals surface area contributed by atoms with Crippen LogP contribution in [0.3, 0.4) is 0 Å². The number of nitrogens with one attached hydrogen (secondary N) is 3. The molecule has 0 unspecified atom stereocenters. The van der Waals surface area contributed by atoms with Gasteiger partial charge in [-0.05, 0) is 161 Å². The van der Waals surface area contributed by atoms with Crippen molar-refractivity contribution < 1.29 is 57.2 Å². The van der Waals surface area contributed by atoms with Crippen molar-refractivity contribution in [3.05, 3.63) is 89.8 Å². The molecule has 1 aromatic heterocycles. The molecule has 0 radical (unpaired) electrons. The number of amides is 2. The second kappa shape index (κ2) is 39.8. The first-order valence-electron chi connectivity index (χ1n) is 19.6. The fraction of sp³-hybridized carbons (Fsp3) is 0.132. The van der Waals surface area contributed by atoms with Crippen molar-refractivity contribution in [2.75, 3.05) is 11.1 Å². The summed E-state index contributed by atoms with van der Waals surface area (Å²) >= 11 is 4.38. The third-order valence-corrected chi connectivity index (χ3v) is 7.82. The Labute approximate surface area is 446 Å². The molecule has 0 fully saturated rings. The van der Waals surface area contributed by atoms with Crippen LogP contribution in [0.1, 0.15) is 64.4 Å². The first kappa shape index (κ1) is 59.6. The van der Waals surface area contributed by atoms with Crippen LogP contribution in [0.2, 0.25) is 0 Å². The van der Waals surface area contributed by atoms with Crippen molar-refractivity contribution in [1.82, 2.24) is 20.2 Å². The molecular formula is C53H61N9O8S2. The van der Waals surface area contributed by atoms with Gasteiger partial charge in [0.05, 0.1) is 41.2 Å². The monoisotopic (exact) mass is 1020 g/mol. The van der Waals surface area contributed by atoms with Gasteiger partial charge in [-0.15, -0.1) is 23.8 Å². The number of hydrogen-bond acceptors (Lipinski definition) is 13. The molecular weight excluding hydrogens is 955 g/mol. The summed E-state index contributed by atoms with van der Waals surface area (Å²) in [5, 5.41) is 22.1. The molecule has 4 N–H and O–H groups in total. The number of imidazole rings is 1. The number of aromatic nitrogens is 2. The van der Waals surface area contributed by atoms with Gasteiger partial charge in [-0.1, -0.05) is 46.6 Å². The van der Waals surface area contributed by atoms with Crippen molar-refractivity contribution in [3.63, 3.8) is 0 Å². The third-order valence-electron chi connectivity index (χ3n) is 6.76. The number of aryl methyl sites for hydroxylation is 1. The summed E-state index contributed by atoms with van der Waals surface area (Å²) in [6.45, 7) is 10.1. The van der Waals surface area contributed by atoms with E-state index < -0.39 is 5.97 Å². The Balaban J connectivity index is -0.0000000864. The number of benzene rings is 2. The SMILES string of the molecule is C#CC#CC#CC#CC#CC#CC#CC#CC#CC#CC#CC#CC#C.C=CCn1c(CNC(=O)c2cccc(C)c2)cnc1SCC(=O)Nc1cccc(C(=O)OC(C)C)c1.N=N/N=N/N(OO)OOS.[HH].[HH].[HH].[HH].[HH].[HH].[HH].[HH].[HH].[HH].[HH].[HH].[HH]. The van der Waals surface area contributed by atoms with Crippen LogP contribution in [0.5, 0.6) is 0 Å². The average Bonchev–Trinajstić information content (AvgIpc) is 3.76. The molecule has 72 heavy (non-hydrogen) atoms. The summed E-state index contributed by atoms with van der Waals surface area (Å²) in [5.41, 5.74) is 9.37. The standard InChI is InChI=1S/C27H30N4O4S.C26H2.H3N5O4S.13H2/c1-5-12-31-23(15-28-25(33)20-9-6-8-19(4)13-20)16-29-27(31)36-17-24(32)30-22-11-7-10-21(14-22)26(34)35-18(2)3;1-3-5-7-9-11-13-15-17-19-21-23-25-26-24-22-20-18-16-14-12-10-8-6-4-2;1-2-3-4-5(7-6)8-9-10;;;;;;;;;;;;;/h5-11,13-14,16,18H,1,12,15,17H2,2-4H3,(H,28,33)(H,30,32);1-2H;1,6,10H;13*1H/b;;2-1?,4-3+;;;;;;;;;;;;;. The van der Waals surface area contributed by atoms with E-state index in [1.807, 2.05) is 29.7 Å². The number of esters is 1. The van der Waals surface area contributed by atoms with E-state index in [0.717, 1.165) is 11.3 Å². The maximum absolute atomic E-state index is 12.6. The molecule has 0 spiro atoms. The highest BCUT2D eigenvalue weighted by atomic mass is 32.2. The molecule has 17 nitrogen and oxygen atoms in total. The number of anilines is 1. The lowest BCUT2D eigenvalue weighted by atomic mass is 10.1. The summed E-state index contributed by atoms with van der Waals surface area (Å²) < 4.78 is 10.8. The van der Waals surface area contributed by atoms with Crippen LogP contribution in [0.15, 0.2) is 88.2 Å². The van der Waals surface area contributed by atoms with Gasteiger partial charge in [-0.25, -0.2) is 15.0 Å². The Kier molecular flexibility index (Phi) is 32.9. The first-order chi connectivity index (χ1) is 35.0. The van der Waals surface area contributed by atoms with E-state index in [1.54, 1.807) is 56.5 Å². The number of thiol groups is 1. The van der Waals surface area contributed by atoms with E-state index in [0.29, 0.717) is 35.1 Å². The number of hydrogen-bond donors (Lipinski definition) is 5. The highest BCUT2D eigenvalue weighted by molar-refractivity contribution is 7.99. The summed E-state index contributed by atoms with van der Waals surface area (Å²) in [5.74, 6) is 57.4. The fourth-order valence-corrected chi connectivity index (χ4v) is 5.05. The van der Waals surface area contributed by atoms with Gasteiger partial charge in [-0.3, -0.25) is 9.59 Å². The van der Waals surface area contributed by atoms with E-state index in [-0.39, 0.29) is 47.6 Å². The lowest BCUT2D eigenvalue weighted by molar-refractivity contribution is -0.572. The first-order valence-corrected chi connectivity index (χ1v) is 20.9. The zero-order chi connectivity index (χ0) is 52.9. The number of rotatable bonds is 16. The normalized spacial score (nSPS) is 8.11. The van der Waals surface area contributed by atoms with Crippen LogP contribution in [0.4, 0.5) is 5.69 Å². The molecule has 0 saturated carbocycles. The van der Waals surface area contributed by atoms with Gasteiger partial charge in [0.15, 0.2) is 5.16 Å². The van der Waals surface area contributed by atoms with Crippen molar-refractivity contribution in [2.45, 2.75) is 45.1 Å². The second-order valence-corrected chi connectivity index (χ2v) is 13.2. The van der Waals surface area contributed by atoms with Gasteiger partial charge in [0, 0.05) is 102 Å². The Morgan fingerprint density at radius 3 is 1.83 bits per heavy atom. The van der Waals surface area contributed by atoms with Crippen molar-refractivity contribution in [3.8, 4) is 155 Å². The summed E-state index contributed by atoms with van der Waals surface area (Å²) in [4.78, 5) is 48.7. The van der Waals surface area contributed by atoms with Crippen molar-refractivity contribution in [1.29, 1.82) is 5.53 Å². The molecule has 3 aromatic rings. The molecule has 2 amide bonds. The minimum atomic E-state index is -0.441. The summed E-state index contributed by atoms with van der Waals surface area (Å²) in [7, 11) is 0. The molecule has 0 saturated heterocycles. The molecule has 378 valence electrons. The zero-order valence-electron chi connectivity index (χ0n) is 38.2. The lowest BCUT2D eigenvalue weighted by Gasteiger charge is -2.11. The third kappa shape index (κ3) is 29.3. The molecule has 0 aliphatic carbocycles. The van der Waals surface area contributed by atoms with E-state index in [2.05, 4.69) is 207 Å². The van der Waals surface area contributed by atoms with Gasteiger partial charge in [0.25, 0.3) is 5.91 Å². The number of nitrogens with zero attached hydrogens (tertiary/aromatic N) is 6. The Bertz CT molecular complexity index is 3240.